The highest BCUT2D eigenvalue weighted by Gasteiger charge is 2.51. The topological polar surface area (TPSA) is 57.7 Å². The molecule has 6 aromatic rings. The normalized spacial score (nSPS) is 17.1. The van der Waals surface area contributed by atoms with Crippen molar-refractivity contribution in [2.45, 2.75) is 57.8 Å². The van der Waals surface area contributed by atoms with Crippen LogP contribution in [0.4, 0.5) is 17.1 Å². The van der Waals surface area contributed by atoms with Gasteiger partial charge in [-0.15, -0.1) is 0 Å². The Morgan fingerprint density at radius 3 is 1.69 bits per heavy atom. The monoisotopic (exact) mass is 583 g/mol. The third-order valence-corrected chi connectivity index (χ3v) is 10.9. The summed E-state index contributed by atoms with van der Waals surface area (Å²) < 4.78 is 2.19. The lowest BCUT2D eigenvalue weighted by Crippen LogP contribution is -2.43. The predicted octanol–water partition coefficient (Wildman–Crippen LogP) is 9.35. The van der Waals surface area contributed by atoms with E-state index in [1.807, 2.05) is 36.5 Å². The molecule has 9 rings (SSSR count). The molecule has 0 atom stereocenters. The predicted molar refractivity (Wildman–Crippen MR) is 180 cm³/mol. The van der Waals surface area contributed by atoms with Crippen molar-refractivity contribution >= 4 is 28.1 Å². The van der Waals surface area contributed by atoms with Crippen molar-refractivity contribution in [3.8, 4) is 23.1 Å². The van der Waals surface area contributed by atoms with Crippen molar-refractivity contribution in [3.05, 3.63) is 130 Å². The van der Waals surface area contributed by atoms with Crippen molar-refractivity contribution in [1.29, 1.82) is 5.26 Å². The summed E-state index contributed by atoms with van der Waals surface area (Å²) in [5.41, 5.74) is 16.0. The van der Waals surface area contributed by atoms with Crippen LogP contribution < -0.4 is 4.90 Å². The fourth-order valence-corrected chi connectivity index (χ4v) is 8.38. The summed E-state index contributed by atoms with van der Waals surface area (Å²) in [5, 5.41) is 9.46. The van der Waals surface area contributed by atoms with E-state index >= 15 is 0 Å². The maximum absolute atomic E-state index is 9.46. The Balaban J connectivity index is 1.40. The molecule has 0 N–H and O–H groups in total. The summed E-state index contributed by atoms with van der Waals surface area (Å²) in [4.78, 5) is 12.3. The Morgan fingerprint density at radius 1 is 0.644 bits per heavy atom. The second kappa shape index (κ2) is 8.28. The highest BCUT2D eigenvalue weighted by molar-refractivity contribution is 5.99. The first-order valence-electron chi connectivity index (χ1n) is 15.7. The second-order valence-corrected chi connectivity index (χ2v) is 14.3. The summed E-state index contributed by atoms with van der Waals surface area (Å²) >= 11 is 0. The molecule has 0 saturated heterocycles. The summed E-state index contributed by atoms with van der Waals surface area (Å²) in [6.45, 7) is 14.3. The van der Waals surface area contributed by atoms with Gasteiger partial charge in [0, 0.05) is 33.7 Å². The van der Waals surface area contributed by atoms with Gasteiger partial charge in [0.1, 0.15) is 5.82 Å². The van der Waals surface area contributed by atoms with Gasteiger partial charge >= 0.3 is 0 Å². The molecule has 3 aliphatic rings. The average molecular weight is 584 g/mol. The van der Waals surface area contributed by atoms with E-state index in [-0.39, 0.29) is 16.2 Å². The first-order chi connectivity index (χ1) is 21.5. The molecule has 0 aliphatic carbocycles. The average Bonchev–Trinajstić information content (AvgIpc) is 3.43. The Kier molecular flexibility index (Phi) is 4.82. The molecule has 4 aromatic carbocycles. The highest BCUT2D eigenvalue weighted by atomic mass is 15.2. The number of fused-ring (bicyclic) bond motifs is 1. The minimum atomic E-state index is -0.245. The Hall–Kier alpha value is -5.21. The molecule has 218 valence electrons. The van der Waals surface area contributed by atoms with Crippen LogP contribution in [-0.4, -0.2) is 14.5 Å². The van der Waals surface area contributed by atoms with Gasteiger partial charge in [0.15, 0.2) is 0 Å². The quantitative estimate of drug-likeness (QED) is 0.204. The molecule has 0 unspecified atom stereocenters. The number of nitriles is 1. The van der Waals surface area contributed by atoms with Gasteiger partial charge in [-0.05, 0) is 75.8 Å². The smallest absolute Gasteiger partial charge is 0.145 e. The van der Waals surface area contributed by atoms with Crippen molar-refractivity contribution in [2.24, 2.45) is 0 Å². The molecule has 0 amide bonds. The van der Waals surface area contributed by atoms with E-state index in [2.05, 4.69) is 111 Å². The number of rotatable bonds is 2. The molecule has 2 aromatic heterocycles. The largest absolute Gasteiger partial charge is 0.309 e. The number of hydrogen-bond acceptors (Lipinski definition) is 4. The van der Waals surface area contributed by atoms with Crippen LogP contribution in [0.3, 0.4) is 0 Å². The van der Waals surface area contributed by atoms with Gasteiger partial charge in [0.2, 0.25) is 0 Å². The van der Waals surface area contributed by atoms with E-state index in [1.54, 1.807) is 6.20 Å². The maximum Gasteiger partial charge on any atom is 0.145 e. The molecule has 0 spiro atoms. The fraction of sp³-hybridized carbons (Fsp3) is 0.225. The number of anilines is 3. The van der Waals surface area contributed by atoms with E-state index in [0.717, 1.165) is 28.1 Å². The zero-order valence-corrected chi connectivity index (χ0v) is 26.4. The Morgan fingerprint density at radius 2 is 1.16 bits per heavy atom. The van der Waals surface area contributed by atoms with E-state index < -0.39 is 0 Å². The number of imidazole rings is 1. The first-order valence-corrected chi connectivity index (χ1v) is 15.7. The van der Waals surface area contributed by atoms with E-state index in [1.165, 1.54) is 50.4 Å². The zero-order valence-electron chi connectivity index (χ0n) is 26.4. The van der Waals surface area contributed by atoms with E-state index in [4.69, 9.17) is 4.98 Å². The molecule has 0 saturated carbocycles. The van der Waals surface area contributed by atoms with Crippen LogP contribution in [0.1, 0.15) is 80.5 Å². The summed E-state index contributed by atoms with van der Waals surface area (Å²) in [6, 6.07) is 30.5. The summed E-state index contributed by atoms with van der Waals surface area (Å²) in [5.74, 6) is 0.868. The lowest BCUT2D eigenvalue weighted by molar-refractivity contribution is 0.567. The van der Waals surface area contributed by atoms with Gasteiger partial charge in [0.25, 0.3) is 0 Å². The van der Waals surface area contributed by atoms with Gasteiger partial charge in [-0.25, -0.2) is 4.98 Å². The molecule has 5 nitrogen and oxygen atoms in total. The van der Waals surface area contributed by atoms with Gasteiger partial charge < -0.3 is 4.90 Å². The van der Waals surface area contributed by atoms with Crippen molar-refractivity contribution < 1.29 is 0 Å². The van der Waals surface area contributed by atoms with E-state index in [0.29, 0.717) is 5.56 Å². The molecular weight excluding hydrogens is 550 g/mol. The molecule has 5 heterocycles. The molecule has 0 bridgehead atoms. The second-order valence-electron chi connectivity index (χ2n) is 14.3. The lowest BCUT2D eigenvalue weighted by atomic mass is 9.60. The number of hydrogen-bond donors (Lipinski definition) is 0. The van der Waals surface area contributed by atoms with Gasteiger partial charge in [-0.3, -0.25) is 9.55 Å². The first kappa shape index (κ1) is 26.2. The van der Waals surface area contributed by atoms with Gasteiger partial charge in [-0.1, -0.05) is 77.9 Å². The molecule has 3 aliphatic heterocycles. The van der Waals surface area contributed by atoms with Crippen LogP contribution in [0, 0.1) is 11.3 Å². The molecular formula is C40H33N5. The Labute approximate surface area is 263 Å². The standard InChI is InChI=1S/C40H33N5/c1-38(2)26-9-7-11-28-34(26)45-35-27(38)10-8-12-29(35)40(5,6)31-20-24(19-30(36(31)45)39(28,3)4)37-43-32-17-18-42-22-33(32)44(37)25-15-13-23(21-41)14-16-25/h7-20,22H,1-6H3. The SMILES string of the molecule is CC1(C)c2cccc3c2N2c4c1cccc4C(C)(C)c1cc(-c4nc5ccncc5n4-c4ccc(C#N)cc4)cc(c12)C3(C)C. The maximum atomic E-state index is 9.46. The Bertz CT molecular complexity index is 2220. The van der Waals surface area contributed by atoms with Crippen molar-refractivity contribution in [3.63, 3.8) is 0 Å². The summed E-state index contributed by atoms with van der Waals surface area (Å²) in [7, 11) is 0. The van der Waals surface area contributed by atoms with E-state index in [9.17, 15) is 5.26 Å². The number of pyridine rings is 1. The van der Waals surface area contributed by atoms with Crippen LogP contribution >= 0.6 is 0 Å². The third kappa shape index (κ3) is 3.12. The lowest BCUT2D eigenvalue weighted by Gasteiger charge is -2.55. The number of para-hydroxylation sites is 2. The van der Waals surface area contributed by atoms with Crippen molar-refractivity contribution in [2.75, 3.05) is 4.90 Å². The molecule has 0 radical (unpaired) electrons. The zero-order chi connectivity index (χ0) is 31.0. The van der Waals surface area contributed by atoms with Crippen LogP contribution in [0.5, 0.6) is 0 Å². The highest BCUT2D eigenvalue weighted by Crippen LogP contribution is 2.66. The minimum absolute atomic E-state index is 0.117. The van der Waals surface area contributed by atoms with Crippen LogP contribution in [0.25, 0.3) is 28.1 Å². The van der Waals surface area contributed by atoms with Gasteiger partial charge in [-0.2, -0.15) is 5.26 Å². The number of nitrogens with zero attached hydrogens (tertiary/aromatic N) is 5. The summed E-state index contributed by atoms with van der Waals surface area (Å²) in [6.07, 6.45) is 3.68. The number of aromatic nitrogens is 3. The van der Waals surface area contributed by atoms with Crippen LogP contribution in [0.2, 0.25) is 0 Å². The van der Waals surface area contributed by atoms with Gasteiger partial charge in [0.05, 0.1) is 45.9 Å². The van der Waals surface area contributed by atoms with Crippen molar-refractivity contribution in [1.82, 2.24) is 14.5 Å². The fourth-order valence-electron chi connectivity index (χ4n) is 8.38. The molecule has 0 fully saturated rings. The minimum Gasteiger partial charge on any atom is -0.309 e. The van der Waals surface area contributed by atoms with Crippen LogP contribution in [-0.2, 0) is 16.2 Å². The number of benzene rings is 4. The molecule has 45 heavy (non-hydrogen) atoms. The molecule has 5 heteroatoms. The third-order valence-electron chi connectivity index (χ3n) is 10.9. The van der Waals surface area contributed by atoms with Crippen LogP contribution in [0.15, 0.2) is 91.3 Å².